The molecule has 0 unspecified atom stereocenters. The molecule has 238 valence electrons. The van der Waals surface area contributed by atoms with Crippen LogP contribution in [0.2, 0.25) is 5.02 Å². The monoisotopic (exact) mass is 656 g/mol. The van der Waals surface area contributed by atoms with Gasteiger partial charge in [-0.05, 0) is 48.7 Å². The second-order valence-electron chi connectivity index (χ2n) is 10.1. The topological polar surface area (TPSA) is 89.8 Å². The maximum Gasteiger partial charge on any atom is 0.416 e. The molecule has 1 aliphatic heterocycles. The maximum atomic E-state index is 13.5. The molecular weight excluding hydrogens is 635 g/mol. The lowest BCUT2D eigenvalue weighted by molar-refractivity contribution is -0.144. The molecule has 17 heteroatoms. The minimum absolute atomic E-state index is 0.0644. The van der Waals surface area contributed by atoms with Crippen molar-refractivity contribution in [1.82, 2.24) is 9.97 Å². The molecule has 0 radical (unpaired) electrons. The molecule has 0 bridgehead atoms. The van der Waals surface area contributed by atoms with Crippen LogP contribution in [0.1, 0.15) is 40.7 Å². The molecule has 2 aromatic carbocycles. The van der Waals surface area contributed by atoms with E-state index >= 15 is 0 Å². The first-order valence-corrected chi connectivity index (χ1v) is 13.1. The number of phenols is 1. The van der Waals surface area contributed by atoms with Crippen LogP contribution < -0.4 is 9.80 Å². The molecule has 44 heavy (non-hydrogen) atoms. The van der Waals surface area contributed by atoms with Gasteiger partial charge >= 0.3 is 24.5 Å². The zero-order valence-corrected chi connectivity index (χ0v) is 23.0. The molecule has 3 aromatic rings. The molecule has 0 atom stereocenters. The minimum Gasteiger partial charge on any atom is -0.506 e. The summed E-state index contributed by atoms with van der Waals surface area (Å²) in [6.45, 7) is -0.769. The fourth-order valence-electron chi connectivity index (χ4n) is 4.70. The van der Waals surface area contributed by atoms with Crippen molar-refractivity contribution >= 4 is 29.2 Å². The number of alkyl halides is 9. The number of anilines is 2. The highest BCUT2D eigenvalue weighted by molar-refractivity contribution is 6.32. The summed E-state index contributed by atoms with van der Waals surface area (Å²) in [5, 5.41) is 18.9. The number of halogens is 10. The van der Waals surface area contributed by atoms with Crippen LogP contribution in [0.15, 0.2) is 42.7 Å². The van der Waals surface area contributed by atoms with E-state index in [9.17, 15) is 54.5 Å². The summed E-state index contributed by atoms with van der Waals surface area (Å²) in [6, 6.07) is 1.86. The van der Waals surface area contributed by atoms with Crippen molar-refractivity contribution in [3.63, 3.8) is 0 Å². The third-order valence-electron chi connectivity index (χ3n) is 6.97. The zero-order chi connectivity index (χ0) is 32.6. The molecule has 1 saturated heterocycles. The molecule has 2 N–H and O–H groups in total. The van der Waals surface area contributed by atoms with Crippen LogP contribution in [0, 0.1) is 5.92 Å². The van der Waals surface area contributed by atoms with Gasteiger partial charge in [0.2, 0.25) is 5.95 Å². The van der Waals surface area contributed by atoms with Crippen LogP contribution in [0.3, 0.4) is 0 Å². The van der Waals surface area contributed by atoms with E-state index in [1.807, 2.05) is 0 Å². The summed E-state index contributed by atoms with van der Waals surface area (Å²) < 4.78 is 121. The van der Waals surface area contributed by atoms with Crippen molar-refractivity contribution in [2.75, 3.05) is 22.9 Å². The van der Waals surface area contributed by atoms with Gasteiger partial charge in [0.15, 0.2) is 0 Å². The summed E-state index contributed by atoms with van der Waals surface area (Å²) in [5.41, 5.74) is -5.00. The number of rotatable bonds is 7. The lowest BCUT2D eigenvalue weighted by atomic mass is 9.97. The number of carbonyl (C=O) groups is 1. The number of carboxylic acids is 1. The van der Waals surface area contributed by atoms with Crippen LogP contribution in [0.5, 0.6) is 5.75 Å². The molecule has 4 rings (SSSR count). The van der Waals surface area contributed by atoms with Gasteiger partial charge in [0.05, 0.1) is 45.7 Å². The van der Waals surface area contributed by atoms with Gasteiger partial charge in [0.25, 0.3) is 0 Å². The number of benzene rings is 2. The Morgan fingerprint density at radius 2 is 1.34 bits per heavy atom. The second kappa shape index (κ2) is 12.2. The summed E-state index contributed by atoms with van der Waals surface area (Å²) >= 11 is 5.80. The largest absolute Gasteiger partial charge is 0.506 e. The normalized spacial score (nSPS) is 15.0. The first kappa shape index (κ1) is 33.0. The Hall–Kier alpha value is -3.95. The Balaban J connectivity index is 1.74. The molecular formula is C27H22ClF9N4O3. The quantitative estimate of drug-likeness (QED) is 0.256. The molecule has 1 aromatic heterocycles. The van der Waals surface area contributed by atoms with Crippen LogP contribution in [0.4, 0.5) is 51.1 Å². The Morgan fingerprint density at radius 1 is 0.841 bits per heavy atom. The van der Waals surface area contributed by atoms with Crippen molar-refractivity contribution < 1.29 is 54.5 Å². The smallest absolute Gasteiger partial charge is 0.416 e. The van der Waals surface area contributed by atoms with Crippen LogP contribution in [0.25, 0.3) is 0 Å². The number of hydrogen-bond donors (Lipinski definition) is 2. The predicted octanol–water partition coefficient (Wildman–Crippen LogP) is 7.40. The van der Waals surface area contributed by atoms with E-state index in [-0.39, 0.29) is 12.0 Å². The van der Waals surface area contributed by atoms with Crippen LogP contribution in [-0.2, 0) is 36.4 Å². The highest BCUT2D eigenvalue weighted by Gasteiger charge is 2.37. The number of aromatic nitrogens is 2. The van der Waals surface area contributed by atoms with Crippen molar-refractivity contribution in [2.24, 2.45) is 5.92 Å². The Bertz CT molecular complexity index is 1470. The molecule has 1 fully saturated rings. The van der Waals surface area contributed by atoms with E-state index in [1.54, 1.807) is 4.90 Å². The lowest BCUT2D eigenvalue weighted by Gasteiger charge is -2.31. The van der Waals surface area contributed by atoms with Crippen molar-refractivity contribution in [3.8, 4) is 5.75 Å². The lowest BCUT2D eigenvalue weighted by Crippen LogP contribution is -2.36. The number of nitrogens with zero attached hydrogens (tertiary/aromatic N) is 4. The summed E-state index contributed by atoms with van der Waals surface area (Å²) in [6.07, 6.45) is -12.0. The zero-order valence-electron chi connectivity index (χ0n) is 22.2. The van der Waals surface area contributed by atoms with Gasteiger partial charge < -0.3 is 20.0 Å². The predicted molar refractivity (Wildman–Crippen MR) is 139 cm³/mol. The Kier molecular flexibility index (Phi) is 9.14. The van der Waals surface area contributed by atoms with E-state index < -0.39 is 82.1 Å². The summed E-state index contributed by atoms with van der Waals surface area (Å²) in [7, 11) is 0. The molecule has 2 heterocycles. The summed E-state index contributed by atoms with van der Waals surface area (Å²) in [4.78, 5) is 22.3. The van der Waals surface area contributed by atoms with Crippen molar-refractivity contribution in [3.05, 3.63) is 75.6 Å². The fourth-order valence-corrected chi connectivity index (χ4v) is 4.94. The highest BCUT2D eigenvalue weighted by Crippen LogP contribution is 2.39. The maximum absolute atomic E-state index is 13.5. The third-order valence-corrected chi connectivity index (χ3v) is 7.26. The minimum atomic E-state index is -5.15. The number of phenolic OH excluding ortho intramolecular Hbond substituents is 1. The number of hydrogen-bond acceptors (Lipinski definition) is 6. The molecule has 7 nitrogen and oxygen atoms in total. The number of carboxylic acid groups (broad SMARTS) is 1. The van der Waals surface area contributed by atoms with Crippen molar-refractivity contribution in [1.29, 1.82) is 0 Å². The van der Waals surface area contributed by atoms with Gasteiger partial charge in [-0.25, -0.2) is 9.97 Å². The number of aromatic hydroxyl groups is 1. The molecule has 0 spiro atoms. The van der Waals surface area contributed by atoms with Gasteiger partial charge in [-0.2, -0.15) is 39.5 Å². The average molecular weight is 657 g/mol. The van der Waals surface area contributed by atoms with Gasteiger partial charge in [0, 0.05) is 31.7 Å². The first-order valence-electron chi connectivity index (χ1n) is 12.7. The van der Waals surface area contributed by atoms with Gasteiger partial charge in [-0.3, -0.25) is 4.79 Å². The first-order chi connectivity index (χ1) is 20.3. The van der Waals surface area contributed by atoms with E-state index in [0.717, 1.165) is 4.90 Å². The Morgan fingerprint density at radius 3 is 1.82 bits per heavy atom. The molecule has 0 amide bonds. The number of piperidine rings is 1. The summed E-state index contributed by atoms with van der Waals surface area (Å²) in [5.74, 6) is -2.56. The van der Waals surface area contributed by atoms with E-state index in [1.165, 1.54) is 12.4 Å². The van der Waals surface area contributed by atoms with E-state index in [4.69, 9.17) is 11.6 Å². The van der Waals surface area contributed by atoms with Gasteiger partial charge in [0.1, 0.15) is 5.75 Å². The highest BCUT2D eigenvalue weighted by atomic mass is 35.5. The van der Waals surface area contributed by atoms with Crippen LogP contribution in [-0.4, -0.2) is 39.2 Å². The van der Waals surface area contributed by atoms with E-state index in [2.05, 4.69) is 9.97 Å². The van der Waals surface area contributed by atoms with Gasteiger partial charge in [-0.15, -0.1) is 0 Å². The van der Waals surface area contributed by atoms with Gasteiger partial charge in [-0.1, -0.05) is 11.6 Å². The van der Waals surface area contributed by atoms with E-state index in [0.29, 0.717) is 55.9 Å². The second-order valence-corrected chi connectivity index (χ2v) is 10.5. The average Bonchev–Trinajstić information content (AvgIpc) is 2.93. The number of aliphatic carboxylic acids is 1. The van der Waals surface area contributed by atoms with Crippen molar-refractivity contribution in [2.45, 2.75) is 44.5 Å². The third kappa shape index (κ3) is 7.76. The SMILES string of the molecule is O=C(O)C1CCN(c2cnc(N(Cc3cc(C(F)(F)F)cc(C(F)(F)F)c3)Cc3cc(C(F)(F)F)cc(Cl)c3O)nc2)CC1. The standard InChI is InChI=1S/C27H22ClF9N4O3/c28-21-9-19(27(35,36)37)7-16(22(21)42)13-41(12-14-5-17(25(29,30)31)8-18(6-14)26(32,33)34)24-38-10-20(11-39-24)40-3-1-15(2-4-40)23(43)44/h5-11,15,42H,1-4,12-13H2,(H,43,44). The van der Waals surface area contributed by atoms with Crippen LogP contribution >= 0.6 is 11.6 Å². The Labute approximate surface area is 248 Å². The fraction of sp³-hybridized carbons (Fsp3) is 0.370. The molecule has 0 saturated carbocycles. The molecule has 1 aliphatic rings. The molecule has 0 aliphatic carbocycles.